The van der Waals surface area contributed by atoms with Gasteiger partial charge in [-0.05, 0) is 43.2 Å². The van der Waals surface area contributed by atoms with Crippen LogP contribution >= 0.6 is 11.6 Å². The Morgan fingerprint density at radius 1 is 1.15 bits per heavy atom. The molecule has 2 aromatic carbocycles. The molecule has 1 unspecified atom stereocenters. The van der Waals surface area contributed by atoms with Crippen molar-refractivity contribution in [1.82, 2.24) is 5.32 Å². The van der Waals surface area contributed by atoms with Crippen LogP contribution in [0.25, 0.3) is 0 Å². The fraction of sp³-hybridized carbons (Fsp3) is 0.294. The number of ether oxygens (including phenoxy) is 1. The second-order valence-corrected chi connectivity index (χ2v) is 5.41. The van der Waals surface area contributed by atoms with Gasteiger partial charge in [0.1, 0.15) is 5.75 Å². The maximum atomic E-state index is 5.89. The van der Waals surface area contributed by atoms with Gasteiger partial charge in [-0.25, -0.2) is 0 Å². The second-order valence-electron chi connectivity index (χ2n) is 4.97. The molecule has 0 aromatic heterocycles. The number of halogens is 1. The van der Waals surface area contributed by atoms with E-state index in [1.54, 1.807) is 7.11 Å². The Bertz CT molecular complexity index is 566. The van der Waals surface area contributed by atoms with Crippen molar-refractivity contribution in [1.29, 1.82) is 0 Å². The number of aryl methyl sites for hydroxylation is 1. The summed E-state index contributed by atoms with van der Waals surface area (Å²) >= 11 is 5.89. The Labute approximate surface area is 125 Å². The average molecular weight is 290 g/mol. The van der Waals surface area contributed by atoms with Crippen LogP contribution in [0.1, 0.15) is 29.7 Å². The molecule has 2 nitrogen and oxygen atoms in total. The summed E-state index contributed by atoms with van der Waals surface area (Å²) in [6, 6.07) is 14.4. The Kier molecular flexibility index (Phi) is 5.05. The van der Waals surface area contributed by atoms with Crippen molar-refractivity contribution in [2.24, 2.45) is 0 Å². The van der Waals surface area contributed by atoms with E-state index in [4.69, 9.17) is 16.3 Å². The van der Waals surface area contributed by atoms with E-state index in [0.29, 0.717) is 0 Å². The summed E-state index contributed by atoms with van der Waals surface area (Å²) in [6.07, 6.45) is 0. The molecule has 0 amide bonds. The van der Waals surface area contributed by atoms with Crippen LogP contribution in [0.15, 0.2) is 42.5 Å². The first-order chi connectivity index (χ1) is 9.60. The third-order valence-corrected chi connectivity index (χ3v) is 3.63. The lowest BCUT2D eigenvalue weighted by molar-refractivity contribution is 0.401. The highest BCUT2D eigenvalue weighted by molar-refractivity contribution is 6.30. The summed E-state index contributed by atoms with van der Waals surface area (Å²) in [6.45, 7) is 5.01. The monoisotopic (exact) mass is 289 g/mol. The van der Waals surface area contributed by atoms with E-state index in [2.05, 4.69) is 37.4 Å². The largest absolute Gasteiger partial charge is 0.496 e. The molecule has 0 saturated heterocycles. The van der Waals surface area contributed by atoms with Gasteiger partial charge >= 0.3 is 0 Å². The van der Waals surface area contributed by atoms with Crippen LogP contribution in [-0.2, 0) is 6.54 Å². The molecule has 1 atom stereocenters. The molecule has 3 heteroatoms. The fourth-order valence-corrected chi connectivity index (χ4v) is 2.29. The Balaban J connectivity index is 2.04. The minimum Gasteiger partial charge on any atom is -0.496 e. The van der Waals surface area contributed by atoms with Crippen LogP contribution < -0.4 is 10.1 Å². The quantitative estimate of drug-likeness (QED) is 0.874. The van der Waals surface area contributed by atoms with E-state index in [-0.39, 0.29) is 6.04 Å². The molecule has 1 N–H and O–H groups in total. The molecule has 0 spiro atoms. The molecule has 2 rings (SSSR count). The van der Waals surface area contributed by atoms with Crippen LogP contribution in [0.2, 0.25) is 5.02 Å². The number of nitrogens with one attached hydrogen (secondary N) is 1. The Morgan fingerprint density at radius 3 is 2.50 bits per heavy atom. The highest BCUT2D eigenvalue weighted by Crippen LogP contribution is 2.26. The van der Waals surface area contributed by atoms with E-state index in [1.807, 2.05) is 24.3 Å². The molecule has 0 fully saturated rings. The zero-order chi connectivity index (χ0) is 14.5. The Hall–Kier alpha value is -1.51. The Morgan fingerprint density at radius 2 is 1.85 bits per heavy atom. The van der Waals surface area contributed by atoms with Gasteiger partial charge < -0.3 is 10.1 Å². The van der Waals surface area contributed by atoms with Crippen LogP contribution in [0.4, 0.5) is 0 Å². The van der Waals surface area contributed by atoms with Crippen molar-refractivity contribution in [3.05, 3.63) is 64.2 Å². The number of rotatable bonds is 5. The molecule has 20 heavy (non-hydrogen) atoms. The molecule has 106 valence electrons. The van der Waals surface area contributed by atoms with E-state index in [9.17, 15) is 0 Å². The molecule has 0 radical (unpaired) electrons. The first-order valence-electron chi connectivity index (χ1n) is 6.72. The zero-order valence-electron chi connectivity index (χ0n) is 12.1. The third-order valence-electron chi connectivity index (χ3n) is 3.38. The maximum absolute atomic E-state index is 5.89. The van der Waals surface area contributed by atoms with Crippen LogP contribution in [-0.4, -0.2) is 7.11 Å². The summed E-state index contributed by atoms with van der Waals surface area (Å²) in [5, 5.41) is 4.27. The summed E-state index contributed by atoms with van der Waals surface area (Å²) in [5.41, 5.74) is 3.59. The lowest BCUT2D eigenvalue weighted by Crippen LogP contribution is -2.18. The highest BCUT2D eigenvalue weighted by Gasteiger charge is 2.10. The number of hydrogen-bond acceptors (Lipinski definition) is 2. The van der Waals surface area contributed by atoms with Crippen molar-refractivity contribution in [3.63, 3.8) is 0 Å². The van der Waals surface area contributed by atoms with Gasteiger partial charge in [-0.15, -0.1) is 0 Å². The first kappa shape index (κ1) is 14.9. The molecule has 0 saturated carbocycles. The van der Waals surface area contributed by atoms with Gasteiger partial charge in [0.25, 0.3) is 0 Å². The number of hydrogen-bond donors (Lipinski definition) is 1. The van der Waals surface area contributed by atoms with Gasteiger partial charge in [0.2, 0.25) is 0 Å². The molecular formula is C17H20ClNO. The first-order valence-corrected chi connectivity index (χ1v) is 7.10. The zero-order valence-corrected chi connectivity index (χ0v) is 12.9. The van der Waals surface area contributed by atoms with Crippen molar-refractivity contribution in [3.8, 4) is 5.75 Å². The number of benzene rings is 2. The molecule has 0 aliphatic rings. The highest BCUT2D eigenvalue weighted by atomic mass is 35.5. The minimum absolute atomic E-state index is 0.223. The third kappa shape index (κ3) is 3.75. The molecule has 0 heterocycles. The van der Waals surface area contributed by atoms with Gasteiger partial charge in [0.05, 0.1) is 7.11 Å². The van der Waals surface area contributed by atoms with Crippen LogP contribution in [0.3, 0.4) is 0 Å². The minimum atomic E-state index is 0.223. The number of methoxy groups -OCH3 is 1. The van der Waals surface area contributed by atoms with Gasteiger partial charge in [-0.3, -0.25) is 0 Å². The molecule has 0 aliphatic heterocycles. The molecule has 0 bridgehead atoms. The topological polar surface area (TPSA) is 21.3 Å². The summed E-state index contributed by atoms with van der Waals surface area (Å²) in [4.78, 5) is 0. The van der Waals surface area contributed by atoms with Crippen molar-refractivity contribution in [2.45, 2.75) is 26.4 Å². The van der Waals surface area contributed by atoms with Gasteiger partial charge in [-0.2, -0.15) is 0 Å². The van der Waals surface area contributed by atoms with Crippen molar-refractivity contribution < 1.29 is 4.74 Å². The fourth-order valence-electron chi connectivity index (χ4n) is 2.16. The predicted molar refractivity (Wildman–Crippen MR) is 84.4 cm³/mol. The lowest BCUT2D eigenvalue weighted by atomic mass is 10.0. The van der Waals surface area contributed by atoms with Crippen LogP contribution in [0, 0.1) is 6.92 Å². The maximum Gasteiger partial charge on any atom is 0.123 e. The van der Waals surface area contributed by atoms with E-state index >= 15 is 0 Å². The summed E-state index contributed by atoms with van der Waals surface area (Å²) < 4.78 is 5.46. The van der Waals surface area contributed by atoms with Gasteiger partial charge in [0.15, 0.2) is 0 Å². The summed E-state index contributed by atoms with van der Waals surface area (Å²) in [5.74, 6) is 0.932. The SMILES string of the molecule is COc1cc(C)ccc1C(C)NCc1ccc(Cl)cc1. The molecule has 0 aliphatic carbocycles. The second kappa shape index (κ2) is 6.78. The molecular weight excluding hydrogens is 270 g/mol. The smallest absolute Gasteiger partial charge is 0.123 e. The van der Waals surface area contributed by atoms with Gasteiger partial charge in [0, 0.05) is 23.2 Å². The molecule has 2 aromatic rings. The normalized spacial score (nSPS) is 12.2. The lowest BCUT2D eigenvalue weighted by Gasteiger charge is -2.18. The average Bonchev–Trinajstić information content (AvgIpc) is 2.46. The van der Waals surface area contributed by atoms with E-state index in [0.717, 1.165) is 17.3 Å². The van der Waals surface area contributed by atoms with Crippen molar-refractivity contribution >= 4 is 11.6 Å². The van der Waals surface area contributed by atoms with Crippen LogP contribution in [0.5, 0.6) is 5.75 Å². The predicted octanol–water partition coefficient (Wildman–Crippen LogP) is 4.51. The van der Waals surface area contributed by atoms with E-state index in [1.165, 1.54) is 16.7 Å². The van der Waals surface area contributed by atoms with Gasteiger partial charge in [-0.1, -0.05) is 35.9 Å². The standard InChI is InChI=1S/C17H20ClNO/c1-12-4-9-16(17(10-12)20-3)13(2)19-11-14-5-7-15(18)8-6-14/h4-10,13,19H,11H2,1-3H3. The van der Waals surface area contributed by atoms with Crippen molar-refractivity contribution in [2.75, 3.05) is 7.11 Å². The summed E-state index contributed by atoms with van der Waals surface area (Å²) in [7, 11) is 1.71. The van der Waals surface area contributed by atoms with E-state index < -0.39 is 0 Å².